The van der Waals surface area contributed by atoms with Crippen molar-refractivity contribution in [3.63, 3.8) is 0 Å². The number of hydroxylamine groups is 2. The summed E-state index contributed by atoms with van der Waals surface area (Å²) < 4.78 is 0. The van der Waals surface area contributed by atoms with Crippen LogP contribution in [0.3, 0.4) is 0 Å². The summed E-state index contributed by atoms with van der Waals surface area (Å²) in [5.41, 5.74) is 8.84. The molecule has 0 fully saturated rings. The van der Waals surface area contributed by atoms with Crippen molar-refractivity contribution in [2.75, 3.05) is 14.2 Å². The van der Waals surface area contributed by atoms with Crippen molar-refractivity contribution in [2.45, 2.75) is 0 Å². The van der Waals surface area contributed by atoms with E-state index in [0.717, 1.165) is 5.06 Å². The highest BCUT2D eigenvalue weighted by molar-refractivity contribution is 5.96. The Hall–Kier alpha value is -2.37. The summed E-state index contributed by atoms with van der Waals surface area (Å²) in [4.78, 5) is 23.0. The fourth-order valence-electron chi connectivity index (χ4n) is 1.03. The van der Waals surface area contributed by atoms with Gasteiger partial charge in [-0.05, 0) is 23.7 Å². The SMILES string of the molecule is CON(C)C(=O)/C(=C/c1ccccn1)N=[N+]=[N-]. The molecule has 7 heteroatoms. The molecule has 0 aromatic carbocycles. The Bertz CT molecular complexity index is 465. The summed E-state index contributed by atoms with van der Waals surface area (Å²) in [5.74, 6) is -0.545. The van der Waals surface area contributed by atoms with Gasteiger partial charge in [-0.2, -0.15) is 0 Å². The van der Waals surface area contributed by atoms with Crippen LogP contribution in [0.4, 0.5) is 0 Å². The smallest absolute Gasteiger partial charge is 0.274 e. The maximum absolute atomic E-state index is 11.7. The molecule has 0 aliphatic carbocycles. The number of amides is 1. The molecule has 0 saturated carbocycles. The van der Waals surface area contributed by atoms with Crippen LogP contribution in [0.15, 0.2) is 35.2 Å². The van der Waals surface area contributed by atoms with Crippen molar-refractivity contribution in [3.8, 4) is 0 Å². The molecular formula is C10H11N5O2. The Morgan fingerprint density at radius 2 is 2.41 bits per heavy atom. The zero-order chi connectivity index (χ0) is 12.7. The standard InChI is InChI=1S/C10H11N5O2/c1-15(17-2)10(16)9(13-14-11)7-8-5-3-4-6-12-8/h3-7H,1-2H3/b9-7-. The highest BCUT2D eigenvalue weighted by Crippen LogP contribution is 2.08. The third kappa shape index (κ3) is 3.60. The van der Waals surface area contributed by atoms with Crippen LogP contribution in [0, 0.1) is 0 Å². The molecule has 1 heterocycles. The summed E-state index contributed by atoms with van der Waals surface area (Å²) in [5, 5.41) is 4.28. The minimum atomic E-state index is -0.545. The van der Waals surface area contributed by atoms with Gasteiger partial charge in [0.25, 0.3) is 5.91 Å². The van der Waals surface area contributed by atoms with E-state index in [4.69, 9.17) is 10.4 Å². The Kier molecular flexibility index (Phi) is 4.68. The molecule has 7 nitrogen and oxygen atoms in total. The average Bonchev–Trinajstić information content (AvgIpc) is 2.37. The first-order valence-corrected chi connectivity index (χ1v) is 4.69. The first kappa shape index (κ1) is 12.7. The summed E-state index contributed by atoms with van der Waals surface area (Å²) in [6, 6.07) is 5.19. The number of pyridine rings is 1. The van der Waals surface area contributed by atoms with Crippen LogP contribution in [0.25, 0.3) is 16.5 Å². The molecule has 0 bridgehead atoms. The number of carbonyl (C=O) groups is 1. The van der Waals surface area contributed by atoms with Crippen molar-refractivity contribution in [3.05, 3.63) is 46.2 Å². The van der Waals surface area contributed by atoms with E-state index in [1.165, 1.54) is 20.2 Å². The minimum Gasteiger partial charge on any atom is -0.274 e. The van der Waals surface area contributed by atoms with Gasteiger partial charge in [0.1, 0.15) is 5.70 Å². The van der Waals surface area contributed by atoms with Gasteiger partial charge in [0.15, 0.2) is 0 Å². The number of carbonyl (C=O) groups excluding carboxylic acids is 1. The molecule has 1 aromatic heterocycles. The molecular weight excluding hydrogens is 222 g/mol. The summed E-state index contributed by atoms with van der Waals surface area (Å²) in [6.07, 6.45) is 2.96. The highest BCUT2D eigenvalue weighted by Gasteiger charge is 2.13. The number of hydrogen-bond acceptors (Lipinski definition) is 4. The third-order valence-corrected chi connectivity index (χ3v) is 1.90. The van der Waals surface area contributed by atoms with Gasteiger partial charge in [0.2, 0.25) is 0 Å². The Balaban J connectivity index is 3.06. The maximum atomic E-state index is 11.7. The third-order valence-electron chi connectivity index (χ3n) is 1.90. The van der Waals surface area contributed by atoms with Gasteiger partial charge in [-0.25, -0.2) is 5.06 Å². The van der Waals surface area contributed by atoms with Crippen LogP contribution < -0.4 is 0 Å². The second kappa shape index (κ2) is 6.26. The molecule has 1 amide bonds. The molecule has 88 valence electrons. The number of azide groups is 1. The van der Waals surface area contributed by atoms with E-state index < -0.39 is 5.91 Å². The normalized spacial score (nSPS) is 10.6. The summed E-state index contributed by atoms with van der Waals surface area (Å²) in [7, 11) is 2.76. The van der Waals surface area contributed by atoms with Crippen molar-refractivity contribution in [1.82, 2.24) is 10.0 Å². The van der Waals surface area contributed by atoms with Gasteiger partial charge in [-0.1, -0.05) is 11.2 Å². The van der Waals surface area contributed by atoms with Gasteiger partial charge in [-0.3, -0.25) is 14.6 Å². The lowest BCUT2D eigenvalue weighted by Crippen LogP contribution is -2.26. The van der Waals surface area contributed by atoms with E-state index in [0.29, 0.717) is 5.69 Å². The lowest BCUT2D eigenvalue weighted by Gasteiger charge is -2.13. The van der Waals surface area contributed by atoms with E-state index in [1.54, 1.807) is 24.4 Å². The molecule has 0 aliphatic rings. The van der Waals surface area contributed by atoms with Crippen molar-refractivity contribution >= 4 is 12.0 Å². The Labute approximate surface area is 97.9 Å². The van der Waals surface area contributed by atoms with Gasteiger partial charge >= 0.3 is 0 Å². The van der Waals surface area contributed by atoms with Crippen LogP contribution in [0.2, 0.25) is 0 Å². The van der Waals surface area contributed by atoms with Crippen molar-refractivity contribution in [2.24, 2.45) is 5.11 Å². The highest BCUT2D eigenvalue weighted by atomic mass is 16.7. The van der Waals surface area contributed by atoms with Crippen LogP contribution in [0.1, 0.15) is 5.69 Å². The fourth-order valence-corrected chi connectivity index (χ4v) is 1.03. The second-order valence-electron chi connectivity index (χ2n) is 2.96. The summed E-state index contributed by atoms with van der Waals surface area (Å²) >= 11 is 0. The number of aromatic nitrogens is 1. The molecule has 0 atom stereocenters. The van der Waals surface area contributed by atoms with Gasteiger partial charge < -0.3 is 0 Å². The Morgan fingerprint density at radius 1 is 1.65 bits per heavy atom. The van der Waals surface area contributed by atoms with Crippen LogP contribution >= 0.6 is 0 Å². The van der Waals surface area contributed by atoms with E-state index in [2.05, 4.69) is 15.0 Å². The molecule has 0 spiro atoms. The van der Waals surface area contributed by atoms with Gasteiger partial charge in [-0.15, -0.1) is 0 Å². The quantitative estimate of drug-likeness (QED) is 0.261. The lowest BCUT2D eigenvalue weighted by atomic mass is 10.3. The van der Waals surface area contributed by atoms with E-state index in [9.17, 15) is 4.79 Å². The first-order valence-electron chi connectivity index (χ1n) is 4.69. The molecule has 0 unspecified atom stereocenters. The van der Waals surface area contributed by atoms with Gasteiger partial charge in [0, 0.05) is 18.2 Å². The molecule has 0 saturated heterocycles. The first-order chi connectivity index (χ1) is 8.19. The maximum Gasteiger partial charge on any atom is 0.279 e. The molecule has 1 aromatic rings. The van der Waals surface area contributed by atoms with E-state index >= 15 is 0 Å². The molecule has 0 N–H and O–H groups in total. The van der Waals surface area contributed by atoms with E-state index in [-0.39, 0.29) is 5.70 Å². The minimum absolute atomic E-state index is 0.0875. The van der Waals surface area contributed by atoms with Crippen molar-refractivity contribution in [1.29, 1.82) is 0 Å². The zero-order valence-corrected chi connectivity index (χ0v) is 9.44. The number of hydrogen-bond donors (Lipinski definition) is 0. The van der Waals surface area contributed by atoms with Crippen molar-refractivity contribution < 1.29 is 9.63 Å². The van der Waals surface area contributed by atoms with Crippen LogP contribution in [-0.4, -0.2) is 30.1 Å². The largest absolute Gasteiger partial charge is 0.279 e. The predicted molar refractivity (Wildman–Crippen MR) is 61.1 cm³/mol. The molecule has 0 aliphatic heterocycles. The van der Waals surface area contributed by atoms with E-state index in [1.807, 2.05) is 0 Å². The topological polar surface area (TPSA) is 91.2 Å². The molecule has 1 rings (SSSR count). The summed E-state index contributed by atoms with van der Waals surface area (Å²) in [6.45, 7) is 0. The van der Waals surface area contributed by atoms with Crippen LogP contribution in [-0.2, 0) is 9.63 Å². The monoisotopic (exact) mass is 233 g/mol. The molecule has 0 radical (unpaired) electrons. The lowest BCUT2D eigenvalue weighted by molar-refractivity contribution is -0.163. The Morgan fingerprint density at radius 3 is 2.94 bits per heavy atom. The number of likely N-dealkylation sites (N-methyl/N-ethyl adjacent to an activating group) is 1. The fraction of sp³-hybridized carbons (Fsp3) is 0.200. The second-order valence-corrected chi connectivity index (χ2v) is 2.96. The average molecular weight is 233 g/mol. The number of rotatable bonds is 4. The zero-order valence-electron chi connectivity index (χ0n) is 9.44. The predicted octanol–water partition coefficient (Wildman–Crippen LogP) is 1.75. The number of nitrogens with zero attached hydrogens (tertiary/aromatic N) is 5. The molecule has 17 heavy (non-hydrogen) atoms. The van der Waals surface area contributed by atoms with Crippen LogP contribution in [0.5, 0.6) is 0 Å². The van der Waals surface area contributed by atoms with Gasteiger partial charge in [0.05, 0.1) is 12.8 Å².